The maximum atomic E-state index is 5.78. The third-order valence-electron chi connectivity index (χ3n) is 4.51. The summed E-state index contributed by atoms with van der Waals surface area (Å²) < 4.78 is 2.27. The molecule has 0 saturated heterocycles. The quantitative estimate of drug-likeness (QED) is 0.698. The molecule has 0 N–H and O–H groups in total. The van der Waals surface area contributed by atoms with E-state index in [9.17, 15) is 0 Å². The van der Waals surface area contributed by atoms with Crippen molar-refractivity contribution in [1.82, 2.24) is 19.4 Å². The molecule has 0 atom stereocenters. The highest BCUT2D eigenvalue weighted by molar-refractivity contribution is 6.32. The summed E-state index contributed by atoms with van der Waals surface area (Å²) in [4.78, 5) is 11.8. The summed E-state index contributed by atoms with van der Waals surface area (Å²) in [5, 5.41) is 0. The van der Waals surface area contributed by atoms with Gasteiger partial charge in [-0.2, -0.15) is 0 Å². The van der Waals surface area contributed by atoms with E-state index >= 15 is 0 Å². The first-order valence-corrected chi connectivity index (χ1v) is 7.16. The van der Waals surface area contributed by atoms with Gasteiger partial charge in [-0.05, 0) is 18.9 Å². The van der Waals surface area contributed by atoms with E-state index in [0.29, 0.717) is 5.46 Å². The highest BCUT2D eigenvalue weighted by Gasteiger charge is 2.27. The van der Waals surface area contributed by atoms with Gasteiger partial charge in [0.05, 0.1) is 0 Å². The maximum absolute atomic E-state index is 5.78. The standard InChI is InChI=1S/C14H17BN4/c15-10-8-12-14(16-9-10)19-7-6-18(11-2-1-3-11)5-4-13(19)17-12/h8-9,11H,1-7H2. The third-order valence-corrected chi connectivity index (χ3v) is 4.51. The van der Waals surface area contributed by atoms with Crippen LogP contribution in [0.5, 0.6) is 0 Å². The van der Waals surface area contributed by atoms with E-state index in [2.05, 4.69) is 14.5 Å². The Hall–Kier alpha value is -1.36. The second-order valence-electron chi connectivity index (χ2n) is 5.66. The molecule has 0 bridgehead atoms. The van der Waals surface area contributed by atoms with Gasteiger partial charge in [0.15, 0.2) is 5.65 Å². The molecule has 5 heteroatoms. The van der Waals surface area contributed by atoms with Crippen LogP contribution < -0.4 is 5.46 Å². The Kier molecular flexibility index (Phi) is 2.62. The van der Waals surface area contributed by atoms with Gasteiger partial charge >= 0.3 is 0 Å². The Morgan fingerprint density at radius 3 is 2.89 bits per heavy atom. The highest BCUT2D eigenvalue weighted by Crippen LogP contribution is 2.26. The van der Waals surface area contributed by atoms with Gasteiger partial charge in [-0.1, -0.05) is 11.9 Å². The Bertz CT molecular complexity index is 617. The summed E-state index contributed by atoms with van der Waals surface area (Å²) in [6, 6.07) is 2.74. The van der Waals surface area contributed by atoms with Crippen molar-refractivity contribution in [2.45, 2.75) is 38.3 Å². The van der Waals surface area contributed by atoms with E-state index in [1.54, 1.807) is 6.20 Å². The van der Waals surface area contributed by atoms with Gasteiger partial charge in [-0.25, -0.2) is 9.97 Å². The average molecular weight is 252 g/mol. The van der Waals surface area contributed by atoms with Crippen molar-refractivity contribution in [3.8, 4) is 0 Å². The maximum Gasteiger partial charge on any atom is 0.159 e. The van der Waals surface area contributed by atoms with E-state index in [0.717, 1.165) is 49.1 Å². The molecule has 0 unspecified atom stereocenters. The first-order chi connectivity index (χ1) is 9.31. The second kappa shape index (κ2) is 4.34. The molecule has 4 nitrogen and oxygen atoms in total. The fraction of sp³-hybridized carbons (Fsp3) is 0.571. The van der Waals surface area contributed by atoms with Gasteiger partial charge < -0.3 is 4.57 Å². The number of fused-ring (bicyclic) bond motifs is 3. The van der Waals surface area contributed by atoms with Crippen molar-refractivity contribution < 1.29 is 0 Å². The minimum Gasteiger partial charge on any atom is -0.311 e. The first kappa shape index (κ1) is 11.5. The number of pyridine rings is 1. The minimum absolute atomic E-state index is 0.692. The van der Waals surface area contributed by atoms with Crippen LogP contribution in [-0.2, 0) is 13.0 Å². The van der Waals surface area contributed by atoms with E-state index in [1.165, 1.54) is 19.3 Å². The average Bonchev–Trinajstić information content (AvgIpc) is 2.54. The lowest BCUT2D eigenvalue weighted by Gasteiger charge is -2.36. The summed E-state index contributed by atoms with van der Waals surface area (Å²) in [5.74, 6) is 1.16. The fourth-order valence-electron chi connectivity index (χ4n) is 3.20. The predicted octanol–water partition coefficient (Wildman–Crippen LogP) is 0.636. The molecule has 2 aromatic heterocycles. The zero-order chi connectivity index (χ0) is 12.8. The summed E-state index contributed by atoms with van der Waals surface area (Å²) in [6.45, 7) is 3.25. The van der Waals surface area contributed by atoms with Crippen LogP contribution in [0, 0.1) is 0 Å². The molecule has 2 aliphatic rings. The third kappa shape index (κ3) is 1.87. The van der Waals surface area contributed by atoms with Crippen LogP contribution in [-0.4, -0.2) is 46.4 Å². The van der Waals surface area contributed by atoms with Gasteiger partial charge in [0.1, 0.15) is 19.2 Å². The largest absolute Gasteiger partial charge is 0.311 e. The fourth-order valence-corrected chi connectivity index (χ4v) is 3.20. The molecule has 0 aromatic carbocycles. The SMILES string of the molecule is [B]c1cnc2c(c1)nc1n2CCN(C2CCC2)CC1. The van der Waals surface area contributed by atoms with Crippen LogP contribution >= 0.6 is 0 Å². The van der Waals surface area contributed by atoms with Crippen molar-refractivity contribution in [1.29, 1.82) is 0 Å². The molecule has 0 spiro atoms. The Balaban J connectivity index is 1.66. The van der Waals surface area contributed by atoms with Crippen molar-refractivity contribution in [2.24, 2.45) is 0 Å². The highest BCUT2D eigenvalue weighted by atomic mass is 15.2. The Morgan fingerprint density at radius 1 is 1.21 bits per heavy atom. The van der Waals surface area contributed by atoms with Gasteiger partial charge in [-0.15, -0.1) is 0 Å². The zero-order valence-corrected chi connectivity index (χ0v) is 11.0. The summed E-state index contributed by atoms with van der Waals surface area (Å²) >= 11 is 0. The van der Waals surface area contributed by atoms with Crippen LogP contribution in [0.25, 0.3) is 11.2 Å². The lowest BCUT2D eigenvalue weighted by Crippen LogP contribution is -2.41. The molecule has 3 heterocycles. The van der Waals surface area contributed by atoms with Crippen LogP contribution in [0.3, 0.4) is 0 Å². The van der Waals surface area contributed by atoms with Crippen LogP contribution in [0.15, 0.2) is 12.3 Å². The van der Waals surface area contributed by atoms with E-state index < -0.39 is 0 Å². The molecule has 1 aliphatic heterocycles. The molecule has 96 valence electrons. The molecule has 1 aliphatic carbocycles. The number of nitrogens with zero attached hydrogens (tertiary/aromatic N) is 4. The van der Waals surface area contributed by atoms with Gasteiger partial charge in [-0.3, -0.25) is 4.90 Å². The van der Waals surface area contributed by atoms with Crippen molar-refractivity contribution >= 4 is 24.5 Å². The van der Waals surface area contributed by atoms with Gasteiger partial charge in [0.25, 0.3) is 0 Å². The molecule has 1 fully saturated rings. The van der Waals surface area contributed by atoms with Crippen molar-refractivity contribution in [3.05, 3.63) is 18.1 Å². The van der Waals surface area contributed by atoms with Crippen LogP contribution in [0.4, 0.5) is 0 Å². The van der Waals surface area contributed by atoms with Crippen molar-refractivity contribution in [2.75, 3.05) is 13.1 Å². The minimum atomic E-state index is 0.692. The number of imidazole rings is 1. The topological polar surface area (TPSA) is 34.0 Å². The predicted molar refractivity (Wildman–Crippen MR) is 75.8 cm³/mol. The molecule has 0 amide bonds. The molecule has 2 radical (unpaired) electrons. The van der Waals surface area contributed by atoms with E-state index in [1.807, 2.05) is 6.07 Å². The molecular weight excluding hydrogens is 235 g/mol. The number of hydrogen-bond acceptors (Lipinski definition) is 3. The van der Waals surface area contributed by atoms with Crippen LogP contribution in [0.1, 0.15) is 25.1 Å². The number of aromatic nitrogens is 3. The first-order valence-electron chi connectivity index (χ1n) is 7.16. The van der Waals surface area contributed by atoms with Crippen molar-refractivity contribution in [3.63, 3.8) is 0 Å². The van der Waals surface area contributed by atoms with Gasteiger partial charge in [0.2, 0.25) is 0 Å². The Labute approximate surface area is 114 Å². The lowest BCUT2D eigenvalue weighted by molar-refractivity contribution is 0.130. The number of hydrogen-bond donors (Lipinski definition) is 0. The summed E-state index contributed by atoms with van der Waals surface area (Å²) in [5.41, 5.74) is 2.61. The van der Waals surface area contributed by atoms with Gasteiger partial charge in [0, 0.05) is 38.3 Å². The van der Waals surface area contributed by atoms with E-state index in [4.69, 9.17) is 12.8 Å². The smallest absolute Gasteiger partial charge is 0.159 e. The summed E-state index contributed by atoms with van der Waals surface area (Å²) in [7, 11) is 5.78. The zero-order valence-electron chi connectivity index (χ0n) is 11.0. The van der Waals surface area contributed by atoms with E-state index in [-0.39, 0.29) is 0 Å². The monoisotopic (exact) mass is 252 g/mol. The Morgan fingerprint density at radius 2 is 2.11 bits per heavy atom. The molecule has 2 aromatic rings. The van der Waals surface area contributed by atoms with Crippen LogP contribution in [0.2, 0.25) is 0 Å². The second-order valence-corrected chi connectivity index (χ2v) is 5.66. The molecule has 19 heavy (non-hydrogen) atoms. The molecule has 1 saturated carbocycles. The number of rotatable bonds is 1. The normalized spacial score (nSPS) is 21.1. The molecular formula is C14H17BN4. The summed E-state index contributed by atoms with van der Waals surface area (Å²) in [6.07, 6.45) is 6.89. The molecule has 4 rings (SSSR count). The lowest BCUT2D eigenvalue weighted by atomic mass is 9.91.